The van der Waals surface area contributed by atoms with Crippen LogP contribution >= 0.6 is 0 Å². The fourth-order valence-electron chi connectivity index (χ4n) is 4.19. The number of ether oxygens (including phenoxy) is 1. The number of piperazine rings is 1. The summed E-state index contributed by atoms with van der Waals surface area (Å²) >= 11 is 0. The molecule has 0 aliphatic carbocycles. The quantitative estimate of drug-likeness (QED) is 0.748. The minimum Gasteiger partial charge on any atom is -0.497 e. The molecule has 0 spiro atoms. The van der Waals surface area contributed by atoms with Gasteiger partial charge in [-0.2, -0.15) is 0 Å². The van der Waals surface area contributed by atoms with E-state index >= 15 is 0 Å². The Labute approximate surface area is 188 Å². The van der Waals surface area contributed by atoms with Gasteiger partial charge in [0.2, 0.25) is 0 Å². The summed E-state index contributed by atoms with van der Waals surface area (Å²) < 4.78 is 5.18. The summed E-state index contributed by atoms with van der Waals surface area (Å²) in [5.74, 6) is 1.12. The lowest BCUT2D eigenvalue weighted by Gasteiger charge is -2.30. The van der Waals surface area contributed by atoms with Crippen molar-refractivity contribution in [3.8, 4) is 5.75 Å². The first kappa shape index (κ1) is 22.1. The van der Waals surface area contributed by atoms with Crippen LogP contribution in [-0.4, -0.2) is 68.1 Å². The Morgan fingerprint density at radius 3 is 2.31 bits per heavy atom. The van der Waals surface area contributed by atoms with Gasteiger partial charge in [-0.15, -0.1) is 0 Å². The van der Waals surface area contributed by atoms with Crippen molar-refractivity contribution >= 4 is 23.3 Å². The highest BCUT2D eigenvalue weighted by Crippen LogP contribution is 2.27. The average Bonchev–Trinajstić information content (AvgIpc) is 3.14. The van der Waals surface area contributed by atoms with E-state index in [0.29, 0.717) is 28.4 Å². The van der Waals surface area contributed by atoms with Crippen molar-refractivity contribution in [1.82, 2.24) is 15.2 Å². The minimum atomic E-state index is -0.245. The fraction of sp³-hybridized carbons (Fsp3) is 0.458. The molecule has 0 bridgehead atoms. The van der Waals surface area contributed by atoms with Gasteiger partial charge in [0.05, 0.1) is 18.4 Å². The maximum atomic E-state index is 13.2. The molecule has 8 nitrogen and oxygen atoms in total. The Balaban J connectivity index is 1.60. The predicted octanol–water partition coefficient (Wildman–Crippen LogP) is 2.77. The van der Waals surface area contributed by atoms with Crippen LogP contribution in [0.3, 0.4) is 0 Å². The van der Waals surface area contributed by atoms with Gasteiger partial charge >= 0.3 is 0 Å². The number of likely N-dealkylation sites (tertiary alicyclic amines) is 1. The standard InChI is InChI=1S/C24H31N5O3/c1-32-20-8-6-18(7-9-20)23(30)27-21-16-19(24(31)29-12-4-2-3-5-13-29)17-26-22(21)28-14-10-25-11-15-28/h6-9,16-17,25H,2-5,10-15H2,1H3,(H,27,30). The molecule has 2 amide bonds. The van der Waals surface area contributed by atoms with Gasteiger partial charge < -0.3 is 25.2 Å². The Kier molecular flexibility index (Phi) is 7.21. The molecule has 0 unspecified atom stereocenters. The summed E-state index contributed by atoms with van der Waals surface area (Å²) in [4.78, 5) is 34.8. The molecular formula is C24H31N5O3. The van der Waals surface area contributed by atoms with Gasteiger partial charge in [-0.1, -0.05) is 12.8 Å². The lowest BCUT2D eigenvalue weighted by Crippen LogP contribution is -2.44. The summed E-state index contributed by atoms with van der Waals surface area (Å²) in [6.45, 7) is 4.82. The number of rotatable bonds is 5. The molecule has 2 aliphatic heterocycles. The third kappa shape index (κ3) is 5.19. The maximum Gasteiger partial charge on any atom is 0.255 e. The first-order chi connectivity index (χ1) is 15.7. The van der Waals surface area contributed by atoms with Crippen molar-refractivity contribution in [2.45, 2.75) is 25.7 Å². The van der Waals surface area contributed by atoms with Gasteiger partial charge in [-0.3, -0.25) is 9.59 Å². The number of nitrogens with one attached hydrogen (secondary N) is 2. The Hall–Kier alpha value is -3.13. The van der Waals surface area contributed by atoms with E-state index in [2.05, 4.69) is 20.5 Å². The molecule has 32 heavy (non-hydrogen) atoms. The van der Waals surface area contributed by atoms with E-state index in [0.717, 1.165) is 65.0 Å². The molecule has 2 N–H and O–H groups in total. The van der Waals surface area contributed by atoms with E-state index in [-0.39, 0.29) is 11.8 Å². The van der Waals surface area contributed by atoms with Crippen molar-refractivity contribution < 1.29 is 14.3 Å². The molecule has 2 aromatic rings. The van der Waals surface area contributed by atoms with Crippen molar-refractivity contribution in [1.29, 1.82) is 0 Å². The molecule has 0 atom stereocenters. The molecule has 2 fully saturated rings. The normalized spacial score (nSPS) is 16.9. The lowest BCUT2D eigenvalue weighted by atomic mass is 10.1. The van der Waals surface area contributed by atoms with Crippen LogP contribution in [0.4, 0.5) is 11.5 Å². The molecule has 2 saturated heterocycles. The maximum absolute atomic E-state index is 13.2. The molecule has 2 aliphatic rings. The van der Waals surface area contributed by atoms with Crippen molar-refractivity contribution in [2.24, 2.45) is 0 Å². The van der Waals surface area contributed by atoms with Crippen LogP contribution in [0.15, 0.2) is 36.5 Å². The number of aromatic nitrogens is 1. The summed E-state index contributed by atoms with van der Waals surface area (Å²) in [6, 6.07) is 8.73. The highest BCUT2D eigenvalue weighted by Gasteiger charge is 2.22. The third-order valence-electron chi connectivity index (χ3n) is 6.02. The van der Waals surface area contributed by atoms with Crippen LogP contribution in [0.2, 0.25) is 0 Å². The second kappa shape index (κ2) is 10.5. The largest absolute Gasteiger partial charge is 0.497 e. The summed E-state index contributed by atoms with van der Waals surface area (Å²) in [7, 11) is 1.59. The molecule has 8 heteroatoms. The highest BCUT2D eigenvalue weighted by molar-refractivity contribution is 6.06. The van der Waals surface area contributed by atoms with Crippen LogP contribution in [0.1, 0.15) is 46.4 Å². The molecule has 0 saturated carbocycles. The van der Waals surface area contributed by atoms with Gasteiger partial charge in [0.15, 0.2) is 5.82 Å². The zero-order valence-corrected chi connectivity index (χ0v) is 18.6. The van der Waals surface area contributed by atoms with Gasteiger partial charge in [0.25, 0.3) is 11.8 Å². The smallest absolute Gasteiger partial charge is 0.255 e. The van der Waals surface area contributed by atoms with E-state index in [1.807, 2.05) is 4.90 Å². The van der Waals surface area contributed by atoms with Crippen LogP contribution in [0, 0.1) is 0 Å². The van der Waals surface area contributed by atoms with Crippen molar-refractivity contribution in [3.63, 3.8) is 0 Å². The number of carbonyl (C=O) groups excluding carboxylic acids is 2. The summed E-state index contributed by atoms with van der Waals surface area (Å²) in [5, 5.41) is 6.33. The molecule has 1 aromatic carbocycles. The zero-order valence-electron chi connectivity index (χ0n) is 18.6. The minimum absolute atomic E-state index is 0.0220. The van der Waals surface area contributed by atoms with Crippen LogP contribution in [0.5, 0.6) is 5.75 Å². The van der Waals surface area contributed by atoms with E-state index in [1.54, 1.807) is 43.6 Å². The van der Waals surface area contributed by atoms with Crippen molar-refractivity contribution in [3.05, 3.63) is 47.7 Å². The van der Waals surface area contributed by atoms with Crippen molar-refractivity contribution in [2.75, 3.05) is 56.6 Å². The van der Waals surface area contributed by atoms with Gasteiger partial charge in [-0.25, -0.2) is 4.98 Å². The predicted molar refractivity (Wildman–Crippen MR) is 125 cm³/mol. The molecule has 170 valence electrons. The number of carbonyl (C=O) groups is 2. The van der Waals surface area contributed by atoms with E-state index in [4.69, 9.17) is 4.74 Å². The summed E-state index contributed by atoms with van der Waals surface area (Å²) in [5.41, 5.74) is 1.59. The monoisotopic (exact) mass is 437 g/mol. The number of hydrogen-bond donors (Lipinski definition) is 2. The van der Waals surface area contributed by atoms with Gasteiger partial charge in [0, 0.05) is 51.0 Å². The molecule has 0 radical (unpaired) electrons. The number of methoxy groups -OCH3 is 1. The second-order valence-corrected chi connectivity index (χ2v) is 8.22. The lowest BCUT2D eigenvalue weighted by molar-refractivity contribution is 0.0761. The number of hydrogen-bond acceptors (Lipinski definition) is 6. The Morgan fingerprint density at radius 2 is 1.66 bits per heavy atom. The van der Waals surface area contributed by atoms with Gasteiger partial charge in [-0.05, 0) is 43.2 Å². The second-order valence-electron chi connectivity index (χ2n) is 8.22. The molecular weight excluding hydrogens is 406 g/mol. The number of pyridine rings is 1. The summed E-state index contributed by atoms with van der Waals surface area (Å²) in [6.07, 6.45) is 6.02. The first-order valence-corrected chi connectivity index (χ1v) is 11.4. The SMILES string of the molecule is COc1ccc(C(=O)Nc2cc(C(=O)N3CCCCCC3)cnc2N2CCNCC2)cc1. The third-order valence-corrected chi connectivity index (χ3v) is 6.02. The van der Waals surface area contributed by atoms with Crippen LogP contribution < -0.4 is 20.3 Å². The highest BCUT2D eigenvalue weighted by atomic mass is 16.5. The number of benzene rings is 1. The van der Waals surface area contributed by atoms with Crippen LogP contribution in [0.25, 0.3) is 0 Å². The molecule has 4 rings (SSSR count). The van der Waals surface area contributed by atoms with Crippen LogP contribution in [-0.2, 0) is 0 Å². The topological polar surface area (TPSA) is 86.8 Å². The molecule has 1 aromatic heterocycles. The Morgan fingerprint density at radius 1 is 0.969 bits per heavy atom. The zero-order chi connectivity index (χ0) is 22.3. The van der Waals surface area contributed by atoms with Gasteiger partial charge in [0.1, 0.15) is 5.75 Å². The Bertz CT molecular complexity index is 933. The average molecular weight is 438 g/mol. The van der Waals surface area contributed by atoms with E-state index < -0.39 is 0 Å². The number of amides is 2. The van der Waals surface area contributed by atoms with E-state index in [9.17, 15) is 9.59 Å². The van der Waals surface area contributed by atoms with E-state index in [1.165, 1.54) is 0 Å². The molecule has 3 heterocycles. The number of anilines is 2. The first-order valence-electron chi connectivity index (χ1n) is 11.4. The number of nitrogens with zero attached hydrogens (tertiary/aromatic N) is 3. The fourth-order valence-corrected chi connectivity index (χ4v) is 4.19.